The number of carbonyl (C=O) groups is 2. The van der Waals surface area contributed by atoms with Gasteiger partial charge in [-0.05, 0) is 51.5 Å². The SMILES string of the molecule is CC[C@H](C(=O)NC(C)C)N(Cc1c(Cl)cccc1Cl)C(=O)CN(c1ccc(C)cc1)S(C)(=O)=O. The largest absolute Gasteiger partial charge is 0.352 e. The molecular formula is C24H31Cl2N3O4S. The van der Waals surface area contributed by atoms with Gasteiger partial charge in [-0.3, -0.25) is 13.9 Å². The highest BCUT2D eigenvalue weighted by molar-refractivity contribution is 7.92. The minimum Gasteiger partial charge on any atom is -0.352 e. The van der Waals surface area contributed by atoms with Gasteiger partial charge in [-0.15, -0.1) is 0 Å². The highest BCUT2D eigenvalue weighted by atomic mass is 35.5. The Balaban J connectivity index is 2.49. The van der Waals surface area contributed by atoms with Crippen molar-refractivity contribution in [2.75, 3.05) is 17.1 Å². The van der Waals surface area contributed by atoms with Crippen molar-refractivity contribution in [2.45, 2.75) is 52.7 Å². The van der Waals surface area contributed by atoms with Crippen molar-refractivity contribution in [3.05, 3.63) is 63.6 Å². The van der Waals surface area contributed by atoms with Crippen molar-refractivity contribution >= 4 is 50.7 Å². The van der Waals surface area contributed by atoms with Gasteiger partial charge in [0, 0.05) is 28.2 Å². The Hall–Kier alpha value is -2.29. The number of sulfonamides is 1. The maximum atomic E-state index is 13.6. The first-order chi connectivity index (χ1) is 15.8. The number of hydrogen-bond donors (Lipinski definition) is 1. The standard InChI is InChI=1S/C24H31Cl2N3O4S/c1-6-22(24(31)27-16(2)3)28(14-19-20(25)8-7-9-21(19)26)23(30)15-29(34(5,32)33)18-12-10-17(4)11-13-18/h7-13,16,22H,6,14-15H2,1-5H3,(H,27,31)/t22-/m1/s1. The summed E-state index contributed by atoms with van der Waals surface area (Å²) >= 11 is 12.7. The number of rotatable bonds is 10. The molecule has 0 unspecified atom stereocenters. The summed E-state index contributed by atoms with van der Waals surface area (Å²) in [7, 11) is -3.79. The molecule has 2 aromatic rings. The fourth-order valence-corrected chi connectivity index (χ4v) is 4.85. The number of amides is 2. The van der Waals surface area contributed by atoms with Gasteiger partial charge in [0.15, 0.2) is 0 Å². The lowest BCUT2D eigenvalue weighted by Crippen LogP contribution is -2.53. The van der Waals surface area contributed by atoms with Crippen LogP contribution in [0.2, 0.25) is 10.0 Å². The lowest BCUT2D eigenvalue weighted by Gasteiger charge is -2.33. The van der Waals surface area contributed by atoms with Crippen LogP contribution < -0.4 is 9.62 Å². The van der Waals surface area contributed by atoms with Gasteiger partial charge in [0.2, 0.25) is 21.8 Å². The predicted octanol–water partition coefficient (Wildman–Crippen LogP) is 4.40. The number of carbonyl (C=O) groups excluding carboxylic acids is 2. The summed E-state index contributed by atoms with van der Waals surface area (Å²) in [5, 5.41) is 3.53. The van der Waals surface area contributed by atoms with Crippen LogP contribution in [0.15, 0.2) is 42.5 Å². The van der Waals surface area contributed by atoms with E-state index in [2.05, 4.69) is 5.32 Å². The zero-order valence-corrected chi connectivity index (χ0v) is 22.3. The molecule has 0 radical (unpaired) electrons. The Bertz CT molecular complexity index is 1100. The first-order valence-electron chi connectivity index (χ1n) is 10.9. The maximum absolute atomic E-state index is 13.6. The predicted molar refractivity (Wildman–Crippen MR) is 138 cm³/mol. The first-order valence-corrected chi connectivity index (χ1v) is 13.5. The lowest BCUT2D eigenvalue weighted by atomic mass is 10.1. The van der Waals surface area contributed by atoms with E-state index in [1.165, 1.54) is 4.90 Å². The number of benzene rings is 2. The fourth-order valence-electron chi connectivity index (χ4n) is 3.48. The number of halogens is 2. The summed E-state index contributed by atoms with van der Waals surface area (Å²) in [4.78, 5) is 27.9. The average molecular weight is 529 g/mol. The van der Waals surface area contributed by atoms with Crippen LogP contribution in [-0.4, -0.2) is 50.0 Å². The van der Waals surface area contributed by atoms with Gasteiger partial charge in [-0.1, -0.05) is 53.9 Å². The van der Waals surface area contributed by atoms with Gasteiger partial charge in [-0.2, -0.15) is 0 Å². The molecule has 2 rings (SSSR count). The minimum atomic E-state index is -3.79. The first kappa shape index (κ1) is 28.0. The number of nitrogens with one attached hydrogen (secondary N) is 1. The van der Waals surface area contributed by atoms with Crippen LogP contribution in [0, 0.1) is 6.92 Å². The molecule has 1 N–H and O–H groups in total. The summed E-state index contributed by atoms with van der Waals surface area (Å²) in [5.41, 5.74) is 1.79. The van der Waals surface area contributed by atoms with Crippen LogP contribution in [0.25, 0.3) is 0 Å². The van der Waals surface area contributed by atoms with E-state index in [0.717, 1.165) is 16.1 Å². The van der Waals surface area contributed by atoms with E-state index in [-0.39, 0.29) is 18.5 Å². The second-order valence-electron chi connectivity index (χ2n) is 8.41. The van der Waals surface area contributed by atoms with Gasteiger partial charge in [0.1, 0.15) is 12.6 Å². The Kier molecular flexibility index (Phi) is 9.79. The van der Waals surface area contributed by atoms with Gasteiger partial charge >= 0.3 is 0 Å². The van der Waals surface area contributed by atoms with E-state index < -0.39 is 28.5 Å². The van der Waals surface area contributed by atoms with Crippen molar-refractivity contribution < 1.29 is 18.0 Å². The van der Waals surface area contributed by atoms with Crippen LogP contribution in [0.3, 0.4) is 0 Å². The molecule has 0 aliphatic carbocycles. The quantitative estimate of drug-likeness (QED) is 0.495. The van der Waals surface area contributed by atoms with E-state index in [0.29, 0.717) is 27.7 Å². The normalized spacial score (nSPS) is 12.4. The third-order valence-electron chi connectivity index (χ3n) is 5.21. The molecule has 0 spiro atoms. The molecule has 0 aromatic heterocycles. The van der Waals surface area contributed by atoms with E-state index >= 15 is 0 Å². The highest BCUT2D eigenvalue weighted by Crippen LogP contribution is 2.27. The average Bonchev–Trinajstić information content (AvgIpc) is 2.73. The molecule has 0 aliphatic heterocycles. The molecule has 186 valence electrons. The Morgan fingerprint density at radius 3 is 2.06 bits per heavy atom. The highest BCUT2D eigenvalue weighted by Gasteiger charge is 2.32. The van der Waals surface area contributed by atoms with Crippen molar-refractivity contribution in [2.24, 2.45) is 0 Å². The molecule has 0 aliphatic rings. The molecule has 0 saturated carbocycles. The van der Waals surface area contributed by atoms with Crippen molar-refractivity contribution in [3.63, 3.8) is 0 Å². The topological polar surface area (TPSA) is 86.8 Å². The lowest BCUT2D eigenvalue weighted by molar-refractivity contribution is -0.140. The molecular weight excluding hydrogens is 497 g/mol. The van der Waals surface area contributed by atoms with Crippen molar-refractivity contribution in [1.29, 1.82) is 0 Å². The molecule has 7 nitrogen and oxygen atoms in total. The Morgan fingerprint density at radius 1 is 1.03 bits per heavy atom. The summed E-state index contributed by atoms with van der Waals surface area (Å²) in [5.74, 6) is -0.886. The van der Waals surface area contributed by atoms with Crippen LogP contribution in [0.5, 0.6) is 0 Å². The van der Waals surface area contributed by atoms with Crippen molar-refractivity contribution in [3.8, 4) is 0 Å². The number of anilines is 1. The van der Waals surface area contributed by atoms with Crippen molar-refractivity contribution in [1.82, 2.24) is 10.2 Å². The van der Waals surface area contributed by atoms with Gasteiger partial charge in [-0.25, -0.2) is 8.42 Å². The number of aryl methyl sites for hydroxylation is 1. The molecule has 0 fully saturated rings. The molecule has 0 bridgehead atoms. The zero-order chi connectivity index (χ0) is 25.6. The molecule has 0 heterocycles. The molecule has 2 aromatic carbocycles. The zero-order valence-electron chi connectivity index (χ0n) is 20.0. The summed E-state index contributed by atoms with van der Waals surface area (Å²) in [6.07, 6.45) is 1.36. The molecule has 0 saturated heterocycles. The Morgan fingerprint density at radius 2 is 1.59 bits per heavy atom. The monoisotopic (exact) mass is 527 g/mol. The van der Waals surface area contributed by atoms with E-state index in [9.17, 15) is 18.0 Å². The number of hydrogen-bond acceptors (Lipinski definition) is 4. The third-order valence-corrected chi connectivity index (χ3v) is 7.06. The smallest absolute Gasteiger partial charge is 0.244 e. The van der Waals surface area contributed by atoms with Crippen LogP contribution in [0.4, 0.5) is 5.69 Å². The second kappa shape index (κ2) is 11.9. The summed E-state index contributed by atoms with van der Waals surface area (Å²) in [6, 6.07) is 10.8. The van der Waals surface area contributed by atoms with Gasteiger partial charge in [0.05, 0.1) is 11.9 Å². The van der Waals surface area contributed by atoms with E-state index in [1.54, 1.807) is 49.4 Å². The van der Waals surface area contributed by atoms with E-state index in [1.807, 2.05) is 20.8 Å². The molecule has 1 atom stereocenters. The summed E-state index contributed by atoms with van der Waals surface area (Å²) in [6.45, 7) is 6.79. The van der Waals surface area contributed by atoms with Crippen LogP contribution >= 0.6 is 23.2 Å². The maximum Gasteiger partial charge on any atom is 0.244 e. The fraction of sp³-hybridized carbons (Fsp3) is 0.417. The molecule has 10 heteroatoms. The van der Waals surface area contributed by atoms with Gasteiger partial charge in [0.25, 0.3) is 0 Å². The van der Waals surface area contributed by atoms with Gasteiger partial charge < -0.3 is 10.2 Å². The van der Waals surface area contributed by atoms with Crippen LogP contribution in [-0.2, 0) is 26.2 Å². The van der Waals surface area contributed by atoms with E-state index in [4.69, 9.17) is 23.2 Å². The number of nitrogens with zero attached hydrogens (tertiary/aromatic N) is 2. The summed E-state index contributed by atoms with van der Waals surface area (Å²) < 4.78 is 26.2. The minimum absolute atomic E-state index is 0.0487. The second-order valence-corrected chi connectivity index (χ2v) is 11.1. The Labute approximate surface area is 212 Å². The third kappa shape index (κ3) is 7.35. The molecule has 34 heavy (non-hydrogen) atoms. The van der Waals surface area contributed by atoms with Crippen LogP contribution in [0.1, 0.15) is 38.3 Å². The molecule has 2 amide bonds.